The Labute approximate surface area is 103 Å². The molecular formula is C15H20NO+. The number of carbonyl (C=O) groups is 1. The van der Waals surface area contributed by atoms with Gasteiger partial charge in [-0.2, -0.15) is 0 Å². The summed E-state index contributed by atoms with van der Waals surface area (Å²) in [6.07, 6.45) is 2.89. The maximum atomic E-state index is 12.0. The zero-order valence-corrected chi connectivity index (χ0v) is 10.6. The summed E-state index contributed by atoms with van der Waals surface area (Å²) in [6, 6.07) is 11.6. The van der Waals surface area contributed by atoms with E-state index in [1.54, 1.807) is 0 Å². The van der Waals surface area contributed by atoms with Gasteiger partial charge in [-0.05, 0) is 5.56 Å². The molecule has 1 aromatic rings. The van der Waals surface area contributed by atoms with E-state index in [2.05, 4.69) is 44.4 Å². The van der Waals surface area contributed by atoms with Crippen molar-refractivity contribution in [3.63, 3.8) is 0 Å². The van der Waals surface area contributed by atoms with Crippen molar-refractivity contribution >= 4 is 5.78 Å². The van der Waals surface area contributed by atoms with Crippen LogP contribution >= 0.6 is 0 Å². The lowest BCUT2D eigenvalue weighted by molar-refractivity contribution is -0.920. The first-order valence-electron chi connectivity index (χ1n) is 6.51. The number of ketones is 1. The number of fused-ring (bicyclic) bond motifs is 2. The number of hydrogen-bond acceptors (Lipinski definition) is 1. The van der Waals surface area contributed by atoms with E-state index < -0.39 is 0 Å². The van der Waals surface area contributed by atoms with Gasteiger partial charge in [0, 0.05) is 25.2 Å². The van der Waals surface area contributed by atoms with Crippen LogP contribution in [0.15, 0.2) is 30.3 Å². The number of likely N-dealkylation sites (N-methyl/N-ethyl adjacent to an activating group) is 1. The molecule has 0 radical (unpaired) electrons. The molecule has 2 aliphatic heterocycles. The molecule has 0 amide bonds. The van der Waals surface area contributed by atoms with E-state index in [4.69, 9.17) is 0 Å². The van der Waals surface area contributed by atoms with Gasteiger partial charge in [0.15, 0.2) is 5.78 Å². The monoisotopic (exact) mass is 230 g/mol. The number of nitrogens with zero attached hydrogens (tertiary/aromatic N) is 1. The van der Waals surface area contributed by atoms with Crippen molar-refractivity contribution in [3.8, 4) is 0 Å². The van der Waals surface area contributed by atoms with E-state index in [1.807, 2.05) is 0 Å². The minimum atomic E-state index is 0.235. The number of piperidine rings is 1. The van der Waals surface area contributed by atoms with Gasteiger partial charge in [-0.25, -0.2) is 0 Å². The zero-order valence-electron chi connectivity index (χ0n) is 10.6. The molecule has 0 N–H and O–H groups in total. The molecule has 0 aliphatic carbocycles. The van der Waals surface area contributed by atoms with Crippen LogP contribution in [-0.4, -0.2) is 36.4 Å². The molecule has 2 nitrogen and oxygen atoms in total. The largest absolute Gasteiger partial charge is 0.317 e. The highest BCUT2D eigenvalue weighted by atomic mass is 16.1. The normalized spacial score (nSPS) is 34.9. The summed E-state index contributed by atoms with van der Waals surface area (Å²) in [5.74, 6) is 1.05. The van der Waals surface area contributed by atoms with Gasteiger partial charge in [0.1, 0.15) is 6.04 Å². The molecular weight excluding hydrogens is 210 g/mol. The van der Waals surface area contributed by atoms with Gasteiger partial charge >= 0.3 is 0 Å². The van der Waals surface area contributed by atoms with Gasteiger partial charge in [0.2, 0.25) is 0 Å². The van der Waals surface area contributed by atoms with Gasteiger partial charge < -0.3 is 4.48 Å². The van der Waals surface area contributed by atoms with E-state index in [1.165, 1.54) is 5.56 Å². The predicted octanol–water partition coefficient (Wildman–Crippen LogP) is 2.35. The molecule has 90 valence electrons. The Morgan fingerprint density at radius 3 is 2.53 bits per heavy atom. The minimum Gasteiger partial charge on any atom is -0.317 e. The second-order valence-corrected chi connectivity index (χ2v) is 5.97. The Morgan fingerprint density at radius 2 is 1.88 bits per heavy atom. The SMILES string of the molecule is C[N+]1(C)C2C[C@@H](c3ccccc3)C1CCC2=O. The van der Waals surface area contributed by atoms with Crippen LogP contribution in [-0.2, 0) is 4.79 Å². The van der Waals surface area contributed by atoms with Crippen molar-refractivity contribution in [1.82, 2.24) is 0 Å². The van der Waals surface area contributed by atoms with Gasteiger partial charge in [-0.15, -0.1) is 0 Å². The molecule has 2 aliphatic rings. The topological polar surface area (TPSA) is 17.1 Å². The molecule has 2 heterocycles. The predicted molar refractivity (Wildman–Crippen MR) is 67.7 cm³/mol. The maximum absolute atomic E-state index is 12.0. The van der Waals surface area contributed by atoms with Crippen LogP contribution in [0.1, 0.15) is 30.7 Å². The molecule has 3 atom stereocenters. The molecule has 0 aromatic heterocycles. The van der Waals surface area contributed by atoms with E-state index in [0.717, 1.165) is 23.7 Å². The van der Waals surface area contributed by atoms with Crippen molar-refractivity contribution in [3.05, 3.63) is 35.9 Å². The standard InChI is InChI=1S/C15H20NO/c1-16(2)13-8-9-15(17)14(16)10-12(13)11-6-4-3-5-7-11/h3-7,12-14H,8-10H2,1-2H3/q+1/t12-,13?,14?/m0/s1. The lowest BCUT2D eigenvalue weighted by Crippen LogP contribution is -2.56. The van der Waals surface area contributed by atoms with Crippen LogP contribution in [0, 0.1) is 0 Å². The summed E-state index contributed by atoms with van der Waals surface area (Å²) in [5.41, 5.74) is 1.42. The number of rotatable bonds is 1. The molecule has 17 heavy (non-hydrogen) atoms. The quantitative estimate of drug-likeness (QED) is 0.677. The van der Waals surface area contributed by atoms with Crippen LogP contribution in [0.4, 0.5) is 0 Å². The average Bonchev–Trinajstić information content (AvgIpc) is 2.46. The molecule has 2 bridgehead atoms. The van der Waals surface area contributed by atoms with E-state index >= 15 is 0 Å². The lowest BCUT2D eigenvalue weighted by atomic mass is 9.90. The fourth-order valence-electron chi connectivity index (χ4n) is 3.92. The Morgan fingerprint density at radius 1 is 1.18 bits per heavy atom. The average molecular weight is 230 g/mol. The van der Waals surface area contributed by atoms with Crippen LogP contribution < -0.4 is 0 Å². The summed E-state index contributed by atoms with van der Waals surface area (Å²) in [6.45, 7) is 0. The smallest absolute Gasteiger partial charge is 0.190 e. The minimum absolute atomic E-state index is 0.235. The van der Waals surface area contributed by atoms with Crippen LogP contribution in [0.2, 0.25) is 0 Å². The van der Waals surface area contributed by atoms with Gasteiger partial charge in [0.25, 0.3) is 0 Å². The third kappa shape index (κ3) is 1.54. The zero-order chi connectivity index (χ0) is 12.0. The van der Waals surface area contributed by atoms with Crippen molar-refractivity contribution in [2.75, 3.05) is 14.1 Å². The van der Waals surface area contributed by atoms with Crippen LogP contribution in [0.5, 0.6) is 0 Å². The summed E-state index contributed by atoms with van der Waals surface area (Å²) in [5, 5.41) is 0. The molecule has 2 heteroatoms. The highest BCUT2D eigenvalue weighted by molar-refractivity contribution is 5.84. The number of hydrogen-bond donors (Lipinski definition) is 0. The molecule has 0 saturated carbocycles. The van der Waals surface area contributed by atoms with Gasteiger partial charge in [0.05, 0.1) is 20.1 Å². The number of quaternary nitrogens is 1. The van der Waals surface area contributed by atoms with Crippen molar-refractivity contribution in [2.45, 2.75) is 37.3 Å². The fraction of sp³-hybridized carbons (Fsp3) is 0.533. The van der Waals surface area contributed by atoms with Gasteiger partial charge in [-0.1, -0.05) is 30.3 Å². The van der Waals surface area contributed by atoms with Crippen LogP contribution in [0.25, 0.3) is 0 Å². The number of Topliss-reactive ketones (excluding diaryl/α,β-unsaturated/α-hetero) is 1. The molecule has 2 fully saturated rings. The molecule has 0 spiro atoms. The van der Waals surface area contributed by atoms with Crippen LogP contribution in [0.3, 0.4) is 0 Å². The summed E-state index contributed by atoms with van der Waals surface area (Å²) in [7, 11) is 4.46. The first-order valence-corrected chi connectivity index (χ1v) is 6.51. The molecule has 1 aromatic carbocycles. The highest BCUT2D eigenvalue weighted by Gasteiger charge is 2.55. The first-order chi connectivity index (χ1) is 8.10. The van der Waals surface area contributed by atoms with Crippen molar-refractivity contribution in [1.29, 1.82) is 0 Å². The first kappa shape index (κ1) is 11.0. The Bertz CT molecular complexity index is 437. The lowest BCUT2D eigenvalue weighted by Gasteiger charge is -2.41. The summed E-state index contributed by atoms with van der Waals surface area (Å²) < 4.78 is 0.901. The van der Waals surface area contributed by atoms with Gasteiger partial charge in [-0.3, -0.25) is 4.79 Å². The maximum Gasteiger partial charge on any atom is 0.190 e. The van der Waals surface area contributed by atoms with Crippen molar-refractivity contribution in [2.24, 2.45) is 0 Å². The van der Waals surface area contributed by atoms with Crippen molar-refractivity contribution < 1.29 is 9.28 Å². The second-order valence-electron chi connectivity index (χ2n) is 5.97. The van der Waals surface area contributed by atoms with E-state index in [0.29, 0.717) is 17.7 Å². The summed E-state index contributed by atoms with van der Waals surface area (Å²) >= 11 is 0. The third-order valence-corrected chi connectivity index (χ3v) is 4.89. The van der Waals surface area contributed by atoms with E-state index in [-0.39, 0.29) is 6.04 Å². The Hall–Kier alpha value is -1.15. The molecule has 3 rings (SSSR count). The van der Waals surface area contributed by atoms with E-state index in [9.17, 15) is 4.79 Å². The third-order valence-electron chi connectivity index (χ3n) is 4.89. The Kier molecular flexibility index (Phi) is 2.37. The fourth-order valence-corrected chi connectivity index (χ4v) is 3.92. The molecule has 2 saturated heterocycles. The number of benzene rings is 1. The number of carbonyl (C=O) groups excluding carboxylic acids is 1. The summed E-state index contributed by atoms with van der Waals surface area (Å²) in [4.78, 5) is 12.0. The second kappa shape index (κ2) is 3.67. The molecule has 2 unspecified atom stereocenters. The highest BCUT2D eigenvalue weighted by Crippen LogP contribution is 2.46. The Balaban J connectivity index is 1.98.